The fraction of sp³-hybridized carbons (Fsp3) is 0.0545. The maximum atomic E-state index is 11.0. The van der Waals surface area contributed by atoms with E-state index in [9.17, 15) is 5.11 Å². The molecule has 11 aromatic rings. The van der Waals surface area contributed by atoms with E-state index in [0.717, 1.165) is 83.5 Å². The molecule has 59 heavy (non-hydrogen) atoms. The lowest BCUT2D eigenvalue weighted by Crippen LogP contribution is -2.13. The zero-order valence-corrected chi connectivity index (χ0v) is 33.1. The van der Waals surface area contributed by atoms with Crippen molar-refractivity contribution >= 4 is 88.4 Å². The lowest BCUT2D eigenvalue weighted by molar-refractivity contribution is 0.477. The van der Waals surface area contributed by atoms with Crippen LogP contribution in [0.3, 0.4) is 0 Å². The zero-order valence-electron chi connectivity index (χ0n) is 33.1. The molecule has 0 fully saturated rings. The molecule has 0 unspecified atom stereocenters. The molecular weight excluding hydrogens is 721 g/mol. The summed E-state index contributed by atoms with van der Waals surface area (Å²) in [4.78, 5) is 4.76. The third-order valence-electron chi connectivity index (χ3n) is 12.0. The summed E-state index contributed by atoms with van der Waals surface area (Å²) in [6.07, 6.45) is 0. The van der Waals surface area contributed by atoms with E-state index in [1.165, 1.54) is 32.7 Å². The molecule has 0 aliphatic carbocycles. The molecule has 282 valence electrons. The first-order valence-electron chi connectivity index (χ1n) is 20.2. The van der Waals surface area contributed by atoms with Crippen molar-refractivity contribution in [1.82, 2.24) is 0 Å². The molecule has 11 rings (SSSR count). The Morgan fingerprint density at radius 2 is 0.932 bits per heavy atom. The fourth-order valence-electron chi connectivity index (χ4n) is 9.28. The van der Waals surface area contributed by atoms with E-state index in [1.54, 1.807) is 6.07 Å². The summed E-state index contributed by atoms with van der Waals surface area (Å²) in [6, 6.07) is 64.4. The van der Waals surface area contributed by atoms with Crippen molar-refractivity contribution in [2.75, 3.05) is 9.80 Å². The average Bonchev–Trinajstić information content (AvgIpc) is 3.64. The quantitative estimate of drug-likeness (QED) is 0.164. The first-order valence-corrected chi connectivity index (χ1v) is 20.2. The predicted octanol–water partition coefficient (Wildman–Crippen LogP) is 15.7. The van der Waals surface area contributed by atoms with Gasteiger partial charge in [-0.15, -0.1) is 0 Å². The Balaban J connectivity index is 1.18. The molecule has 1 aromatic heterocycles. The highest BCUT2D eigenvalue weighted by Crippen LogP contribution is 2.50. The Kier molecular flexibility index (Phi) is 7.95. The number of aromatic hydroxyl groups is 1. The van der Waals surface area contributed by atoms with Crippen molar-refractivity contribution in [3.8, 4) is 16.9 Å². The zero-order chi connectivity index (χ0) is 39.8. The summed E-state index contributed by atoms with van der Waals surface area (Å²) in [5, 5.41) is 20.3. The van der Waals surface area contributed by atoms with Gasteiger partial charge in [0, 0.05) is 44.2 Å². The number of anilines is 6. The van der Waals surface area contributed by atoms with E-state index >= 15 is 0 Å². The molecule has 0 amide bonds. The van der Waals surface area contributed by atoms with Crippen LogP contribution in [0.5, 0.6) is 5.75 Å². The van der Waals surface area contributed by atoms with Crippen LogP contribution in [0.25, 0.3) is 65.4 Å². The molecule has 0 atom stereocenters. The molecule has 4 heteroatoms. The largest absolute Gasteiger partial charge is 0.507 e. The van der Waals surface area contributed by atoms with Crippen LogP contribution in [0, 0.1) is 20.8 Å². The van der Waals surface area contributed by atoms with Crippen molar-refractivity contribution in [2.45, 2.75) is 20.8 Å². The van der Waals surface area contributed by atoms with Gasteiger partial charge in [-0.05, 0) is 125 Å². The number of hydrogen-bond donors (Lipinski definition) is 1. The van der Waals surface area contributed by atoms with Crippen LogP contribution in [0.2, 0.25) is 0 Å². The highest BCUT2D eigenvalue weighted by Gasteiger charge is 2.25. The first-order chi connectivity index (χ1) is 28.9. The Morgan fingerprint density at radius 3 is 1.59 bits per heavy atom. The lowest BCUT2D eigenvalue weighted by Gasteiger charge is -2.30. The second kappa shape index (κ2) is 13.5. The number of hydrogen-bond acceptors (Lipinski definition) is 4. The normalized spacial score (nSPS) is 11.7. The second-order valence-electron chi connectivity index (χ2n) is 15.7. The standard InChI is InChI=1S/C55H40N2O2/c1-34-12-8-14-39(32-34)56(47-20-10-18-41(36(47)3)42-16-4-6-22-51(42)58)48-30-26-37-25-29-46-49(31-27-38-24-28-45(48)53(37)54(38)46)57(40-15-9-13-35(2)33-40)50-21-11-19-44-43-17-5-7-23-52(43)59-55(44)50/h4-33,58H,1-3H3. The summed E-state index contributed by atoms with van der Waals surface area (Å²) in [6.45, 7) is 6.45. The van der Waals surface area contributed by atoms with Crippen LogP contribution < -0.4 is 9.80 Å². The van der Waals surface area contributed by atoms with Crippen molar-refractivity contribution in [1.29, 1.82) is 0 Å². The van der Waals surface area contributed by atoms with E-state index < -0.39 is 0 Å². The molecule has 0 radical (unpaired) electrons. The number of fused-ring (bicyclic) bond motifs is 3. The van der Waals surface area contributed by atoms with Crippen LogP contribution in [0.1, 0.15) is 16.7 Å². The monoisotopic (exact) mass is 760 g/mol. The van der Waals surface area contributed by atoms with Crippen LogP contribution in [0.4, 0.5) is 34.1 Å². The molecule has 0 aliphatic heterocycles. The summed E-state index contributed by atoms with van der Waals surface area (Å²) in [7, 11) is 0. The molecule has 0 spiro atoms. The van der Waals surface area contributed by atoms with Gasteiger partial charge < -0.3 is 19.3 Å². The van der Waals surface area contributed by atoms with Gasteiger partial charge >= 0.3 is 0 Å². The molecule has 1 N–H and O–H groups in total. The summed E-state index contributed by atoms with van der Waals surface area (Å²) in [5.41, 5.74) is 13.3. The number of nitrogens with zero attached hydrogens (tertiary/aromatic N) is 2. The topological polar surface area (TPSA) is 39.9 Å². The predicted molar refractivity (Wildman–Crippen MR) is 248 cm³/mol. The average molecular weight is 761 g/mol. The smallest absolute Gasteiger partial charge is 0.159 e. The van der Waals surface area contributed by atoms with E-state index in [0.29, 0.717) is 0 Å². The van der Waals surface area contributed by atoms with Crippen LogP contribution in [0.15, 0.2) is 186 Å². The van der Waals surface area contributed by atoms with E-state index in [2.05, 4.69) is 176 Å². The van der Waals surface area contributed by atoms with Gasteiger partial charge in [0.25, 0.3) is 0 Å². The number of aryl methyl sites for hydroxylation is 2. The maximum absolute atomic E-state index is 11.0. The first kappa shape index (κ1) is 34.7. The SMILES string of the molecule is Cc1cccc(N(c2cccc(-c3ccccc3O)c2C)c2ccc3ccc4c(N(c5cccc(C)c5)c5cccc6c5oc5ccccc56)ccc5ccc2c3c54)c1. The molecule has 0 saturated heterocycles. The fourth-order valence-corrected chi connectivity index (χ4v) is 9.28. The number of furan rings is 1. The Bertz CT molecular complexity index is 3410. The van der Waals surface area contributed by atoms with Gasteiger partial charge in [-0.1, -0.05) is 121 Å². The highest BCUT2D eigenvalue weighted by atomic mass is 16.3. The number of phenols is 1. The summed E-state index contributed by atoms with van der Waals surface area (Å²) < 4.78 is 6.69. The number of rotatable bonds is 7. The van der Waals surface area contributed by atoms with Crippen LogP contribution in [-0.4, -0.2) is 5.11 Å². The number of benzene rings is 10. The third-order valence-corrected chi connectivity index (χ3v) is 12.0. The Morgan fingerprint density at radius 1 is 0.407 bits per heavy atom. The van der Waals surface area contributed by atoms with E-state index in [1.807, 2.05) is 30.3 Å². The van der Waals surface area contributed by atoms with E-state index in [4.69, 9.17) is 4.42 Å². The molecule has 1 heterocycles. The molecule has 10 aromatic carbocycles. The Labute approximate surface area is 342 Å². The van der Waals surface area contributed by atoms with Crippen molar-refractivity contribution in [2.24, 2.45) is 0 Å². The van der Waals surface area contributed by atoms with Gasteiger partial charge in [-0.3, -0.25) is 0 Å². The third kappa shape index (κ3) is 5.52. The summed E-state index contributed by atoms with van der Waals surface area (Å²) >= 11 is 0. The second-order valence-corrected chi connectivity index (χ2v) is 15.7. The van der Waals surface area contributed by atoms with Crippen molar-refractivity contribution in [3.05, 3.63) is 199 Å². The van der Waals surface area contributed by atoms with Crippen molar-refractivity contribution in [3.63, 3.8) is 0 Å². The number of phenolic OH excluding ortho intramolecular Hbond substituents is 1. The molecule has 4 nitrogen and oxygen atoms in total. The minimum atomic E-state index is 0.268. The minimum absolute atomic E-state index is 0.268. The lowest BCUT2D eigenvalue weighted by atomic mass is 9.91. The van der Waals surface area contributed by atoms with Crippen molar-refractivity contribution < 1.29 is 9.52 Å². The molecule has 0 aliphatic rings. The van der Waals surface area contributed by atoms with Crippen LogP contribution >= 0.6 is 0 Å². The van der Waals surface area contributed by atoms with Gasteiger partial charge in [0.05, 0.1) is 17.1 Å². The van der Waals surface area contributed by atoms with Crippen LogP contribution in [-0.2, 0) is 0 Å². The summed E-state index contributed by atoms with van der Waals surface area (Å²) in [5.74, 6) is 0.268. The van der Waals surface area contributed by atoms with Gasteiger partial charge in [0.15, 0.2) is 5.58 Å². The van der Waals surface area contributed by atoms with Gasteiger partial charge in [0.2, 0.25) is 0 Å². The van der Waals surface area contributed by atoms with Gasteiger partial charge in [0.1, 0.15) is 11.3 Å². The number of para-hydroxylation sites is 3. The minimum Gasteiger partial charge on any atom is -0.507 e. The van der Waals surface area contributed by atoms with E-state index in [-0.39, 0.29) is 5.75 Å². The van der Waals surface area contributed by atoms with Gasteiger partial charge in [-0.25, -0.2) is 0 Å². The molecule has 0 bridgehead atoms. The highest BCUT2D eigenvalue weighted by molar-refractivity contribution is 6.28. The van der Waals surface area contributed by atoms with Gasteiger partial charge in [-0.2, -0.15) is 0 Å². The molecular formula is C55H40N2O2. The maximum Gasteiger partial charge on any atom is 0.159 e. The Hall–Kier alpha value is -7.56. The molecule has 0 saturated carbocycles.